The quantitative estimate of drug-likeness (QED) is 0.538. The van der Waals surface area contributed by atoms with E-state index in [-0.39, 0.29) is 11.6 Å². The number of amides is 1. The first kappa shape index (κ1) is 16.0. The number of nitrogens with zero attached hydrogens (tertiary/aromatic N) is 1. The number of benzene rings is 2. The van der Waals surface area contributed by atoms with Gasteiger partial charge in [-0.3, -0.25) is 14.9 Å². The maximum absolute atomic E-state index is 12.4. The molecule has 1 aromatic heterocycles. The number of hydrogen-bond donors (Lipinski definition) is 2. The summed E-state index contributed by atoms with van der Waals surface area (Å²) in [5.74, 6) is -0.388. The van der Waals surface area contributed by atoms with Crippen LogP contribution in [0, 0.1) is 10.1 Å². The van der Waals surface area contributed by atoms with E-state index < -0.39 is 4.92 Å². The van der Waals surface area contributed by atoms with Crippen LogP contribution in [-0.4, -0.2) is 15.8 Å². The number of para-hydroxylation sites is 1. The van der Waals surface area contributed by atoms with Gasteiger partial charge in [0.05, 0.1) is 15.5 Å². The maximum Gasteiger partial charge on any atom is 0.274 e. The summed E-state index contributed by atoms with van der Waals surface area (Å²) in [6.07, 6.45) is 0.547. The zero-order chi connectivity index (χ0) is 17.3. The third-order valence-electron chi connectivity index (χ3n) is 3.77. The molecule has 0 unspecified atom stereocenters. The van der Waals surface area contributed by atoms with Crippen molar-refractivity contribution in [3.05, 3.63) is 68.9 Å². The van der Waals surface area contributed by atoms with Gasteiger partial charge in [-0.1, -0.05) is 36.7 Å². The summed E-state index contributed by atoms with van der Waals surface area (Å²) in [7, 11) is 0. The van der Waals surface area contributed by atoms with Gasteiger partial charge in [0.1, 0.15) is 5.69 Å². The van der Waals surface area contributed by atoms with Gasteiger partial charge in [0.25, 0.3) is 11.6 Å². The number of aromatic amines is 1. The number of nitro benzene ring substituents is 1. The fourth-order valence-corrected chi connectivity index (χ4v) is 2.78. The summed E-state index contributed by atoms with van der Waals surface area (Å²) in [6, 6.07) is 11.7. The number of nitrogens with one attached hydrogen (secondary N) is 2. The summed E-state index contributed by atoms with van der Waals surface area (Å²) in [5, 5.41) is 15.1. The fraction of sp³-hybridized carbons (Fsp3) is 0.118. The van der Waals surface area contributed by atoms with Gasteiger partial charge >= 0.3 is 0 Å². The summed E-state index contributed by atoms with van der Waals surface area (Å²) in [4.78, 5) is 26.0. The van der Waals surface area contributed by atoms with Crippen LogP contribution in [-0.2, 0) is 6.42 Å². The van der Waals surface area contributed by atoms with Crippen molar-refractivity contribution in [2.45, 2.75) is 13.3 Å². The molecule has 0 radical (unpaired) electrons. The average molecular weight is 344 g/mol. The molecule has 0 atom stereocenters. The van der Waals surface area contributed by atoms with E-state index in [9.17, 15) is 14.9 Å². The van der Waals surface area contributed by atoms with Crippen LogP contribution < -0.4 is 5.32 Å². The zero-order valence-electron chi connectivity index (χ0n) is 12.8. The van der Waals surface area contributed by atoms with E-state index in [0.717, 1.165) is 5.39 Å². The molecule has 0 aliphatic heterocycles. The van der Waals surface area contributed by atoms with Crippen LogP contribution in [0.1, 0.15) is 23.0 Å². The molecular weight excluding hydrogens is 330 g/mol. The molecular formula is C17H14ClN3O3. The number of aryl methyl sites for hydroxylation is 1. The second-order valence-corrected chi connectivity index (χ2v) is 5.70. The fourth-order valence-electron chi connectivity index (χ4n) is 2.55. The molecule has 2 N–H and O–H groups in total. The monoisotopic (exact) mass is 343 g/mol. The predicted octanol–water partition coefficient (Wildman–Crippen LogP) is 4.54. The average Bonchev–Trinajstić information content (AvgIpc) is 3.00. The molecule has 7 heteroatoms. The Morgan fingerprint density at radius 3 is 2.75 bits per heavy atom. The van der Waals surface area contributed by atoms with Crippen molar-refractivity contribution in [3.8, 4) is 0 Å². The topological polar surface area (TPSA) is 88.0 Å². The summed E-state index contributed by atoms with van der Waals surface area (Å²) in [5.41, 5.74) is 2.00. The van der Waals surface area contributed by atoms with Gasteiger partial charge in [-0.25, -0.2) is 0 Å². The Morgan fingerprint density at radius 1 is 1.29 bits per heavy atom. The second kappa shape index (κ2) is 6.33. The summed E-state index contributed by atoms with van der Waals surface area (Å²) < 4.78 is 0. The predicted molar refractivity (Wildman–Crippen MR) is 93.7 cm³/mol. The molecule has 122 valence electrons. The van der Waals surface area contributed by atoms with Crippen molar-refractivity contribution in [2.75, 3.05) is 5.32 Å². The molecule has 0 aliphatic carbocycles. The van der Waals surface area contributed by atoms with Gasteiger partial charge in [0.15, 0.2) is 0 Å². The second-order valence-electron chi connectivity index (χ2n) is 5.30. The lowest BCUT2D eigenvalue weighted by molar-refractivity contribution is -0.385. The first-order valence-corrected chi connectivity index (χ1v) is 7.73. The number of carbonyl (C=O) groups excluding carboxylic acids is 1. The molecule has 2 aromatic carbocycles. The molecule has 1 amide bonds. The van der Waals surface area contributed by atoms with E-state index in [4.69, 9.17) is 11.6 Å². The van der Waals surface area contributed by atoms with E-state index >= 15 is 0 Å². The Kier molecular flexibility index (Phi) is 4.22. The summed E-state index contributed by atoms with van der Waals surface area (Å²) >= 11 is 6.09. The molecule has 0 aliphatic rings. The van der Waals surface area contributed by atoms with Crippen molar-refractivity contribution < 1.29 is 9.72 Å². The van der Waals surface area contributed by atoms with Crippen molar-refractivity contribution >= 4 is 39.8 Å². The third kappa shape index (κ3) is 2.96. The highest BCUT2D eigenvalue weighted by Crippen LogP contribution is 2.26. The highest BCUT2D eigenvalue weighted by atomic mass is 35.5. The van der Waals surface area contributed by atoms with E-state index in [0.29, 0.717) is 33.9 Å². The minimum Gasteiger partial charge on any atom is -0.349 e. The highest BCUT2D eigenvalue weighted by molar-refractivity contribution is 6.35. The normalized spacial score (nSPS) is 10.8. The largest absolute Gasteiger partial charge is 0.349 e. The van der Waals surface area contributed by atoms with Crippen molar-refractivity contribution in [1.82, 2.24) is 4.98 Å². The standard InChI is InChI=1S/C17H14ClN3O3/c1-2-10-6-7-12(9-15(10)21(23)24)19-17(22)14-8-11-4-3-5-13(18)16(11)20-14/h3-9,20H,2H2,1H3,(H,19,22). The van der Waals surface area contributed by atoms with Crippen LogP contribution in [0.2, 0.25) is 5.02 Å². The van der Waals surface area contributed by atoms with Gasteiger partial charge in [-0.15, -0.1) is 0 Å². The van der Waals surface area contributed by atoms with Crippen LogP contribution >= 0.6 is 11.6 Å². The Hall–Kier alpha value is -2.86. The van der Waals surface area contributed by atoms with Crippen molar-refractivity contribution in [2.24, 2.45) is 0 Å². The molecule has 1 heterocycles. The Balaban J connectivity index is 1.90. The van der Waals surface area contributed by atoms with Gasteiger partial charge in [-0.05, 0) is 24.6 Å². The highest BCUT2D eigenvalue weighted by Gasteiger charge is 2.16. The molecule has 0 spiro atoms. The van der Waals surface area contributed by atoms with Gasteiger partial charge in [0.2, 0.25) is 0 Å². The zero-order valence-corrected chi connectivity index (χ0v) is 13.6. The van der Waals surface area contributed by atoms with E-state index in [1.54, 1.807) is 30.3 Å². The van der Waals surface area contributed by atoms with Gasteiger partial charge in [0, 0.05) is 22.7 Å². The first-order chi connectivity index (χ1) is 11.5. The number of nitro groups is 1. The number of anilines is 1. The van der Waals surface area contributed by atoms with Crippen molar-refractivity contribution in [1.29, 1.82) is 0 Å². The molecule has 0 bridgehead atoms. The lowest BCUT2D eigenvalue weighted by atomic mass is 10.1. The Morgan fingerprint density at radius 2 is 2.08 bits per heavy atom. The Labute approximate surface area is 142 Å². The van der Waals surface area contributed by atoms with E-state index in [1.807, 2.05) is 13.0 Å². The summed E-state index contributed by atoms with van der Waals surface area (Å²) in [6.45, 7) is 1.84. The number of hydrogen-bond acceptors (Lipinski definition) is 3. The number of halogens is 1. The van der Waals surface area contributed by atoms with E-state index in [2.05, 4.69) is 10.3 Å². The lowest BCUT2D eigenvalue weighted by Gasteiger charge is -2.06. The molecule has 24 heavy (non-hydrogen) atoms. The maximum atomic E-state index is 12.4. The molecule has 3 aromatic rings. The first-order valence-electron chi connectivity index (χ1n) is 7.35. The molecule has 0 fully saturated rings. The SMILES string of the molecule is CCc1ccc(NC(=O)c2cc3cccc(Cl)c3[nH]2)cc1[N+](=O)[O-]. The van der Waals surface area contributed by atoms with Crippen LogP contribution in [0.25, 0.3) is 10.9 Å². The molecule has 6 nitrogen and oxygen atoms in total. The minimum absolute atomic E-state index is 0.00464. The van der Waals surface area contributed by atoms with Crippen LogP contribution in [0.4, 0.5) is 11.4 Å². The van der Waals surface area contributed by atoms with Crippen LogP contribution in [0.15, 0.2) is 42.5 Å². The van der Waals surface area contributed by atoms with Crippen LogP contribution in [0.5, 0.6) is 0 Å². The van der Waals surface area contributed by atoms with Gasteiger partial charge < -0.3 is 10.3 Å². The van der Waals surface area contributed by atoms with Crippen LogP contribution in [0.3, 0.4) is 0 Å². The lowest BCUT2D eigenvalue weighted by Crippen LogP contribution is -2.12. The number of H-pyrrole nitrogens is 1. The third-order valence-corrected chi connectivity index (χ3v) is 4.09. The number of rotatable bonds is 4. The number of fused-ring (bicyclic) bond motifs is 1. The smallest absolute Gasteiger partial charge is 0.274 e. The van der Waals surface area contributed by atoms with Gasteiger partial charge in [-0.2, -0.15) is 0 Å². The van der Waals surface area contributed by atoms with E-state index in [1.165, 1.54) is 6.07 Å². The van der Waals surface area contributed by atoms with Crippen molar-refractivity contribution in [3.63, 3.8) is 0 Å². The molecule has 0 saturated heterocycles. The minimum atomic E-state index is -0.447. The molecule has 3 rings (SSSR count). The number of carbonyl (C=O) groups is 1. The molecule has 0 saturated carbocycles. The number of aromatic nitrogens is 1. The Bertz CT molecular complexity index is 949.